The van der Waals surface area contributed by atoms with Gasteiger partial charge in [-0.15, -0.1) is 0 Å². The van der Waals surface area contributed by atoms with Gasteiger partial charge in [0.25, 0.3) is 11.8 Å². The van der Waals surface area contributed by atoms with Gasteiger partial charge < -0.3 is 20.5 Å². The van der Waals surface area contributed by atoms with Crippen LogP contribution in [-0.2, 0) is 9.53 Å². The predicted octanol–water partition coefficient (Wildman–Crippen LogP) is 1.98. The Kier molecular flexibility index (Phi) is 5.86. The Morgan fingerprint density at radius 2 is 1.92 bits per heavy atom. The van der Waals surface area contributed by atoms with E-state index in [1.54, 1.807) is 12.1 Å². The summed E-state index contributed by atoms with van der Waals surface area (Å²) in [5.74, 6) is 0.320. The Balaban J connectivity index is 1.69. The van der Waals surface area contributed by atoms with E-state index in [-0.39, 0.29) is 12.5 Å². The molecule has 1 heterocycles. The highest BCUT2D eigenvalue weighted by Crippen LogP contribution is 2.25. The van der Waals surface area contributed by atoms with Crippen molar-refractivity contribution in [1.29, 1.82) is 0 Å². The van der Waals surface area contributed by atoms with Crippen LogP contribution < -0.4 is 15.8 Å². The van der Waals surface area contributed by atoms with Crippen molar-refractivity contribution in [3.63, 3.8) is 0 Å². The van der Waals surface area contributed by atoms with Crippen LogP contribution in [-0.4, -0.2) is 38.2 Å². The molecule has 1 unspecified atom stereocenters. The van der Waals surface area contributed by atoms with Gasteiger partial charge in [-0.3, -0.25) is 9.59 Å². The zero-order valence-corrected chi connectivity index (χ0v) is 14.4. The summed E-state index contributed by atoms with van der Waals surface area (Å²) < 4.78 is 10.7. The van der Waals surface area contributed by atoms with Gasteiger partial charge in [0.2, 0.25) is 0 Å². The number of nitrogens with two attached hydrogens (primary N) is 1. The third kappa shape index (κ3) is 4.83. The topological polar surface area (TPSA) is 90.7 Å². The molecule has 0 radical (unpaired) electrons. The molecular weight excluding hydrogens is 332 g/mol. The molecule has 1 saturated heterocycles. The molecule has 136 valence electrons. The number of ether oxygens (including phenoxy) is 2. The summed E-state index contributed by atoms with van der Waals surface area (Å²) in [7, 11) is 0. The van der Waals surface area contributed by atoms with Crippen LogP contribution in [0.3, 0.4) is 0 Å². The van der Waals surface area contributed by atoms with Gasteiger partial charge in [-0.2, -0.15) is 0 Å². The minimum atomic E-state index is -0.526. The fourth-order valence-electron chi connectivity index (χ4n) is 2.84. The van der Waals surface area contributed by atoms with Crippen molar-refractivity contribution in [1.82, 2.24) is 5.32 Å². The van der Waals surface area contributed by atoms with Crippen molar-refractivity contribution >= 4 is 11.8 Å². The first kappa shape index (κ1) is 17.9. The lowest BCUT2D eigenvalue weighted by Gasteiger charge is -2.11. The van der Waals surface area contributed by atoms with E-state index < -0.39 is 5.91 Å². The molecule has 1 aliphatic heterocycles. The van der Waals surface area contributed by atoms with E-state index in [0.29, 0.717) is 30.4 Å². The molecule has 2 aromatic rings. The van der Waals surface area contributed by atoms with E-state index in [0.717, 1.165) is 24.2 Å². The molecule has 0 aliphatic carbocycles. The van der Waals surface area contributed by atoms with E-state index >= 15 is 0 Å². The van der Waals surface area contributed by atoms with Gasteiger partial charge in [-0.1, -0.05) is 24.3 Å². The molecule has 1 aliphatic rings. The van der Waals surface area contributed by atoms with E-state index in [9.17, 15) is 9.59 Å². The quantitative estimate of drug-likeness (QED) is 0.795. The molecule has 26 heavy (non-hydrogen) atoms. The first-order chi connectivity index (χ1) is 12.6. The Hall–Kier alpha value is -2.86. The maximum atomic E-state index is 12.4. The van der Waals surface area contributed by atoms with Gasteiger partial charge in [0.1, 0.15) is 5.75 Å². The smallest absolute Gasteiger partial charge is 0.255 e. The Morgan fingerprint density at radius 3 is 2.65 bits per heavy atom. The molecule has 0 spiro atoms. The van der Waals surface area contributed by atoms with E-state index in [2.05, 4.69) is 5.32 Å². The summed E-state index contributed by atoms with van der Waals surface area (Å²) in [6.07, 6.45) is 0.985. The molecule has 0 aromatic heterocycles. The van der Waals surface area contributed by atoms with Gasteiger partial charge in [0, 0.05) is 24.6 Å². The van der Waals surface area contributed by atoms with Crippen molar-refractivity contribution in [2.24, 2.45) is 11.7 Å². The maximum absolute atomic E-state index is 12.4. The SMILES string of the molecule is NC(=O)COc1cccc(-c2cccc(C(=O)NCC3CCOC3)c2)c1. The molecule has 6 heteroatoms. The number of hydrogen-bond donors (Lipinski definition) is 2. The van der Waals surface area contributed by atoms with Gasteiger partial charge in [-0.05, 0) is 41.8 Å². The average molecular weight is 354 g/mol. The standard InChI is InChI=1S/C20H22N2O4/c21-19(23)13-26-18-6-2-4-16(10-18)15-3-1-5-17(9-15)20(24)22-11-14-7-8-25-12-14/h1-6,9-10,14H,7-8,11-13H2,(H2,21,23)(H,22,24). The molecule has 2 aromatic carbocycles. The lowest BCUT2D eigenvalue weighted by Crippen LogP contribution is -2.29. The molecule has 6 nitrogen and oxygen atoms in total. The first-order valence-corrected chi connectivity index (χ1v) is 8.59. The van der Waals surface area contributed by atoms with E-state index in [4.69, 9.17) is 15.2 Å². The van der Waals surface area contributed by atoms with Crippen LogP contribution in [0.4, 0.5) is 0 Å². The minimum Gasteiger partial charge on any atom is -0.484 e. The molecular formula is C20H22N2O4. The van der Waals surface area contributed by atoms with E-state index in [1.807, 2.05) is 36.4 Å². The second kappa shape index (κ2) is 8.49. The number of carbonyl (C=O) groups is 2. The van der Waals surface area contributed by atoms with Crippen LogP contribution in [0.2, 0.25) is 0 Å². The zero-order chi connectivity index (χ0) is 18.4. The van der Waals surface area contributed by atoms with Crippen LogP contribution in [0.5, 0.6) is 5.75 Å². The van der Waals surface area contributed by atoms with Crippen LogP contribution in [0.15, 0.2) is 48.5 Å². The lowest BCUT2D eigenvalue weighted by molar-refractivity contribution is -0.119. The summed E-state index contributed by atoms with van der Waals surface area (Å²) in [5, 5.41) is 2.97. The average Bonchev–Trinajstić information content (AvgIpc) is 3.18. The monoisotopic (exact) mass is 354 g/mol. The summed E-state index contributed by atoms with van der Waals surface area (Å²) in [6, 6.07) is 14.7. The normalized spacial score (nSPS) is 16.2. The molecule has 3 N–H and O–H groups in total. The zero-order valence-electron chi connectivity index (χ0n) is 14.4. The number of primary amides is 1. The summed E-state index contributed by atoms with van der Waals surface area (Å²) >= 11 is 0. The second-order valence-corrected chi connectivity index (χ2v) is 6.30. The highest BCUT2D eigenvalue weighted by Gasteiger charge is 2.17. The number of carbonyl (C=O) groups excluding carboxylic acids is 2. The van der Waals surface area contributed by atoms with Crippen LogP contribution in [0.1, 0.15) is 16.8 Å². The van der Waals surface area contributed by atoms with E-state index in [1.165, 1.54) is 0 Å². The highest BCUT2D eigenvalue weighted by molar-refractivity contribution is 5.95. The van der Waals surface area contributed by atoms with Gasteiger partial charge in [-0.25, -0.2) is 0 Å². The third-order valence-corrected chi connectivity index (χ3v) is 4.25. The number of hydrogen-bond acceptors (Lipinski definition) is 4. The number of amides is 2. The Bertz CT molecular complexity index is 785. The third-order valence-electron chi connectivity index (χ3n) is 4.25. The fraction of sp³-hybridized carbons (Fsp3) is 0.300. The minimum absolute atomic E-state index is 0.0973. The second-order valence-electron chi connectivity index (χ2n) is 6.30. The number of nitrogens with one attached hydrogen (secondary N) is 1. The van der Waals surface area contributed by atoms with Crippen molar-refractivity contribution in [3.8, 4) is 16.9 Å². The Morgan fingerprint density at radius 1 is 1.15 bits per heavy atom. The molecule has 3 rings (SSSR count). The van der Waals surface area contributed by atoms with Crippen LogP contribution >= 0.6 is 0 Å². The largest absolute Gasteiger partial charge is 0.484 e. The van der Waals surface area contributed by atoms with Gasteiger partial charge >= 0.3 is 0 Å². The number of rotatable bonds is 7. The molecule has 1 fully saturated rings. The summed E-state index contributed by atoms with van der Waals surface area (Å²) in [6.45, 7) is 1.93. The van der Waals surface area contributed by atoms with Crippen molar-refractivity contribution in [2.75, 3.05) is 26.4 Å². The van der Waals surface area contributed by atoms with Crippen LogP contribution in [0, 0.1) is 5.92 Å². The molecule has 0 saturated carbocycles. The van der Waals surface area contributed by atoms with Crippen molar-refractivity contribution in [3.05, 3.63) is 54.1 Å². The Labute approximate surface area is 152 Å². The summed E-state index contributed by atoms with van der Waals surface area (Å²) in [4.78, 5) is 23.3. The lowest BCUT2D eigenvalue weighted by atomic mass is 10.0. The fourth-order valence-corrected chi connectivity index (χ4v) is 2.84. The maximum Gasteiger partial charge on any atom is 0.255 e. The summed E-state index contributed by atoms with van der Waals surface area (Å²) in [5.41, 5.74) is 7.49. The van der Waals surface area contributed by atoms with Gasteiger partial charge in [0.15, 0.2) is 6.61 Å². The van der Waals surface area contributed by atoms with Crippen molar-refractivity contribution in [2.45, 2.75) is 6.42 Å². The van der Waals surface area contributed by atoms with Crippen LogP contribution in [0.25, 0.3) is 11.1 Å². The number of benzene rings is 2. The highest BCUT2D eigenvalue weighted by atomic mass is 16.5. The van der Waals surface area contributed by atoms with Crippen molar-refractivity contribution < 1.29 is 19.1 Å². The molecule has 1 atom stereocenters. The predicted molar refractivity (Wildman–Crippen MR) is 97.8 cm³/mol. The molecule has 2 amide bonds. The van der Waals surface area contributed by atoms with Gasteiger partial charge in [0.05, 0.1) is 6.61 Å². The first-order valence-electron chi connectivity index (χ1n) is 8.59. The molecule has 0 bridgehead atoms.